The predicted molar refractivity (Wildman–Crippen MR) is 67.1 cm³/mol. The number of aromatic nitrogens is 1. The second-order valence-electron chi connectivity index (χ2n) is 3.76. The molecule has 0 aliphatic rings. The fourth-order valence-corrected chi connectivity index (χ4v) is 2.43. The van der Waals surface area contributed by atoms with Gasteiger partial charge >= 0.3 is 0 Å². The molecule has 1 aromatic rings. The van der Waals surface area contributed by atoms with E-state index in [1.54, 1.807) is 12.4 Å². The molecule has 1 rings (SSSR count). The Hall–Kier alpha value is 0.0200. The van der Waals surface area contributed by atoms with Gasteiger partial charge in [0, 0.05) is 29.6 Å². The van der Waals surface area contributed by atoms with Crippen LogP contribution in [0.15, 0.2) is 18.5 Å². The molecule has 84 valence electrons. The molecule has 0 radical (unpaired) electrons. The quantitative estimate of drug-likeness (QED) is 0.730. The van der Waals surface area contributed by atoms with Crippen LogP contribution < -0.4 is 0 Å². The number of halogens is 3. The maximum absolute atomic E-state index is 6.05. The van der Waals surface area contributed by atoms with Gasteiger partial charge in [0.25, 0.3) is 0 Å². The monoisotopic (exact) mass is 265 g/mol. The second-order valence-corrected chi connectivity index (χ2v) is 4.71. The van der Waals surface area contributed by atoms with E-state index in [1.165, 1.54) is 0 Å². The van der Waals surface area contributed by atoms with E-state index in [1.807, 2.05) is 6.07 Å². The Morgan fingerprint density at radius 2 is 2.00 bits per heavy atom. The van der Waals surface area contributed by atoms with Crippen molar-refractivity contribution in [3.63, 3.8) is 0 Å². The molecule has 4 heteroatoms. The van der Waals surface area contributed by atoms with Gasteiger partial charge in [0.2, 0.25) is 0 Å². The Kier molecular flexibility index (Phi) is 5.17. The third kappa shape index (κ3) is 3.24. The highest BCUT2D eigenvalue weighted by Crippen LogP contribution is 2.32. The molecule has 0 N–H and O–H groups in total. The number of alkyl halides is 2. The first-order valence-electron chi connectivity index (χ1n) is 4.88. The largest absolute Gasteiger partial charge is 0.263 e. The van der Waals surface area contributed by atoms with Crippen LogP contribution in [0.2, 0.25) is 5.02 Å². The number of hydrogen-bond donors (Lipinski definition) is 0. The summed E-state index contributed by atoms with van der Waals surface area (Å²) in [5.74, 6) is 1.09. The van der Waals surface area contributed by atoms with Crippen LogP contribution in [0.25, 0.3) is 0 Å². The van der Waals surface area contributed by atoms with Crippen molar-refractivity contribution >= 4 is 34.8 Å². The van der Waals surface area contributed by atoms with Crippen LogP contribution in [-0.2, 0) is 6.42 Å². The summed E-state index contributed by atoms with van der Waals surface area (Å²) < 4.78 is 0. The number of pyridine rings is 1. The third-order valence-corrected chi connectivity index (χ3v) is 4.21. The summed E-state index contributed by atoms with van der Waals surface area (Å²) in [6, 6.07) is 1.92. The summed E-state index contributed by atoms with van der Waals surface area (Å²) in [5.41, 5.74) is 1.00. The molecule has 0 bridgehead atoms. The minimum atomic E-state index is -0.0614. The lowest BCUT2D eigenvalue weighted by atomic mass is 9.83. The highest BCUT2D eigenvalue weighted by atomic mass is 35.5. The van der Waals surface area contributed by atoms with E-state index in [9.17, 15) is 0 Å². The molecule has 0 aliphatic heterocycles. The van der Waals surface area contributed by atoms with E-state index in [0.717, 1.165) is 18.4 Å². The maximum atomic E-state index is 6.05. The molecular formula is C11H14Cl3N. The van der Waals surface area contributed by atoms with Crippen LogP contribution in [0, 0.1) is 5.41 Å². The van der Waals surface area contributed by atoms with Gasteiger partial charge in [0.15, 0.2) is 0 Å². The molecule has 0 saturated heterocycles. The summed E-state index contributed by atoms with van der Waals surface area (Å²) in [7, 11) is 0. The topological polar surface area (TPSA) is 12.9 Å². The minimum Gasteiger partial charge on any atom is -0.263 e. The van der Waals surface area contributed by atoms with Crippen LogP contribution in [0.4, 0.5) is 0 Å². The first-order chi connectivity index (χ1) is 7.17. The van der Waals surface area contributed by atoms with Gasteiger partial charge in [-0.2, -0.15) is 0 Å². The first kappa shape index (κ1) is 13.1. The normalized spacial score (nSPS) is 11.7. The molecule has 1 heterocycles. The van der Waals surface area contributed by atoms with E-state index in [-0.39, 0.29) is 5.41 Å². The molecule has 0 aliphatic carbocycles. The minimum absolute atomic E-state index is 0.0614. The lowest BCUT2D eigenvalue weighted by Crippen LogP contribution is -2.27. The van der Waals surface area contributed by atoms with Gasteiger partial charge in [-0.25, -0.2) is 0 Å². The molecule has 15 heavy (non-hydrogen) atoms. The number of nitrogens with zero attached hydrogens (tertiary/aromatic N) is 1. The molecule has 0 unspecified atom stereocenters. The zero-order valence-electron chi connectivity index (χ0n) is 8.64. The Morgan fingerprint density at radius 1 is 1.33 bits per heavy atom. The predicted octanol–water partition coefficient (Wildman–Crippen LogP) is 4.15. The maximum Gasteiger partial charge on any atom is 0.0621 e. The molecule has 1 aromatic heterocycles. The van der Waals surface area contributed by atoms with E-state index < -0.39 is 0 Å². The second kappa shape index (κ2) is 5.93. The first-order valence-corrected chi connectivity index (χ1v) is 6.32. The molecule has 0 spiro atoms. The Bertz CT molecular complexity index is 302. The lowest BCUT2D eigenvalue weighted by molar-refractivity contribution is 0.362. The van der Waals surface area contributed by atoms with Crippen molar-refractivity contribution in [1.82, 2.24) is 4.98 Å². The average Bonchev–Trinajstić information content (AvgIpc) is 2.29. The standard InChI is InChI=1S/C11H14Cl3N/c1-2-11(7-12,8-13)5-9-3-4-15-6-10(9)14/h3-4,6H,2,5,7-8H2,1H3. The van der Waals surface area contributed by atoms with Crippen LogP contribution in [-0.4, -0.2) is 16.7 Å². The van der Waals surface area contributed by atoms with Crippen LogP contribution in [0.5, 0.6) is 0 Å². The van der Waals surface area contributed by atoms with Crippen LogP contribution in [0.1, 0.15) is 18.9 Å². The van der Waals surface area contributed by atoms with Gasteiger partial charge in [0.05, 0.1) is 5.02 Å². The smallest absolute Gasteiger partial charge is 0.0621 e. The summed E-state index contributed by atoms with van der Waals surface area (Å²) in [5, 5.41) is 0.686. The van der Waals surface area contributed by atoms with Gasteiger partial charge in [-0.05, 0) is 24.5 Å². The van der Waals surface area contributed by atoms with E-state index >= 15 is 0 Å². The average molecular weight is 267 g/mol. The SMILES string of the molecule is CCC(CCl)(CCl)Cc1ccncc1Cl. The molecule has 0 fully saturated rings. The zero-order valence-corrected chi connectivity index (χ0v) is 10.9. The van der Waals surface area contributed by atoms with Gasteiger partial charge in [0.1, 0.15) is 0 Å². The number of hydrogen-bond acceptors (Lipinski definition) is 1. The van der Waals surface area contributed by atoms with Crippen molar-refractivity contribution in [2.45, 2.75) is 19.8 Å². The van der Waals surface area contributed by atoms with Crippen molar-refractivity contribution in [1.29, 1.82) is 0 Å². The van der Waals surface area contributed by atoms with Crippen molar-refractivity contribution in [2.75, 3.05) is 11.8 Å². The van der Waals surface area contributed by atoms with Crippen LogP contribution in [0.3, 0.4) is 0 Å². The van der Waals surface area contributed by atoms with Crippen molar-refractivity contribution in [3.8, 4) is 0 Å². The highest BCUT2D eigenvalue weighted by molar-refractivity contribution is 6.31. The Morgan fingerprint density at radius 3 is 2.47 bits per heavy atom. The fourth-order valence-electron chi connectivity index (χ4n) is 1.40. The van der Waals surface area contributed by atoms with E-state index in [0.29, 0.717) is 16.8 Å². The zero-order chi connectivity index (χ0) is 11.3. The Balaban J connectivity index is 2.88. The van der Waals surface area contributed by atoms with E-state index in [2.05, 4.69) is 11.9 Å². The molecule has 0 atom stereocenters. The van der Waals surface area contributed by atoms with Crippen molar-refractivity contribution < 1.29 is 0 Å². The molecule has 0 aromatic carbocycles. The number of rotatable bonds is 5. The Labute approximate surface area is 106 Å². The highest BCUT2D eigenvalue weighted by Gasteiger charge is 2.27. The summed E-state index contributed by atoms with van der Waals surface area (Å²) >= 11 is 18.0. The lowest BCUT2D eigenvalue weighted by Gasteiger charge is -2.28. The van der Waals surface area contributed by atoms with Gasteiger partial charge < -0.3 is 0 Å². The van der Waals surface area contributed by atoms with Crippen molar-refractivity contribution in [2.24, 2.45) is 5.41 Å². The fraction of sp³-hybridized carbons (Fsp3) is 0.545. The molecule has 0 saturated carbocycles. The van der Waals surface area contributed by atoms with E-state index in [4.69, 9.17) is 34.8 Å². The summed E-state index contributed by atoms with van der Waals surface area (Å²) in [4.78, 5) is 3.95. The molecular weight excluding hydrogens is 252 g/mol. The summed E-state index contributed by atoms with van der Waals surface area (Å²) in [6.45, 7) is 2.10. The third-order valence-electron chi connectivity index (χ3n) is 2.74. The van der Waals surface area contributed by atoms with Crippen LogP contribution >= 0.6 is 34.8 Å². The summed E-state index contributed by atoms with van der Waals surface area (Å²) in [6.07, 6.45) is 5.14. The van der Waals surface area contributed by atoms with Crippen molar-refractivity contribution in [3.05, 3.63) is 29.0 Å². The molecule has 1 nitrogen and oxygen atoms in total. The van der Waals surface area contributed by atoms with Gasteiger partial charge in [-0.1, -0.05) is 18.5 Å². The van der Waals surface area contributed by atoms with Gasteiger partial charge in [-0.15, -0.1) is 23.2 Å². The molecule has 0 amide bonds. The van der Waals surface area contributed by atoms with Gasteiger partial charge in [-0.3, -0.25) is 4.98 Å².